The van der Waals surface area contributed by atoms with Gasteiger partial charge in [0.2, 0.25) is 0 Å². The first kappa shape index (κ1) is 27.6. The van der Waals surface area contributed by atoms with Crippen LogP contribution in [0.3, 0.4) is 0 Å². The summed E-state index contributed by atoms with van der Waals surface area (Å²) in [4.78, 5) is 21.7. The Hall–Kier alpha value is -2.43. The first-order valence-corrected chi connectivity index (χ1v) is 14.9. The number of aromatic nitrogens is 2. The molecule has 2 aliphatic carbocycles. The third-order valence-electron chi connectivity index (χ3n) is 8.72. The van der Waals surface area contributed by atoms with E-state index in [0.29, 0.717) is 23.9 Å². The molecule has 2 aliphatic rings. The van der Waals surface area contributed by atoms with Crippen LogP contribution in [-0.2, 0) is 4.79 Å². The fraction of sp³-hybridized carbons (Fsp3) is 0.656. The second-order valence-corrected chi connectivity index (χ2v) is 11.3. The maximum atomic E-state index is 12.8. The van der Waals surface area contributed by atoms with Crippen molar-refractivity contribution in [2.24, 2.45) is 23.7 Å². The van der Waals surface area contributed by atoms with Crippen molar-refractivity contribution in [2.75, 3.05) is 6.61 Å². The second kappa shape index (κ2) is 14.5. The number of carbonyl (C=O) groups excluding carboxylic acids is 1. The average molecular weight is 507 g/mol. The van der Waals surface area contributed by atoms with E-state index < -0.39 is 0 Å². The van der Waals surface area contributed by atoms with Crippen LogP contribution in [-0.4, -0.2) is 22.5 Å². The third kappa shape index (κ3) is 8.28. The fourth-order valence-electron chi connectivity index (χ4n) is 6.20. The third-order valence-corrected chi connectivity index (χ3v) is 8.72. The largest absolute Gasteiger partial charge is 0.490 e. The highest BCUT2D eigenvalue weighted by Crippen LogP contribution is 2.42. The molecule has 37 heavy (non-hydrogen) atoms. The SMILES string of the molecule is CCCCCCCOc1cnc(-c2ccc(OC(=O)C3CCC(C4CCC(CC)CC4)CC3)cc2)nc1. The maximum absolute atomic E-state index is 12.8. The lowest BCUT2D eigenvalue weighted by molar-refractivity contribution is -0.140. The number of hydrogen-bond donors (Lipinski definition) is 0. The number of benzene rings is 1. The molecule has 0 spiro atoms. The molecular formula is C32H46N2O3. The van der Waals surface area contributed by atoms with Gasteiger partial charge in [0, 0.05) is 5.56 Å². The smallest absolute Gasteiger partial charge is 0.314 e. The molecule has 202 valence electrons. The highest BCUT2D eigenvalue weighted by molar-refractivity contribution is 5.75. The summed E-state index contributed by atoms with van der Waals surface area (Å²) in [6, 6.07) is 7.51. The quantitative estimate of drug-likeness (QED) is 0.164. The molecule has 0 amide bonds. The van der Waals surface area contributed by atoms with Crippen LogP contribution in [0.5, 0.6) is 11.5 Å². The molecule has 0 bridgehead atoms. The lowest BCUT2D eigenvalue weighted by Gasteiger charge is -2.37. The Kier molecular flexibility index (Phi) is 10.8. The minimum atomic E-state index is -0.0756. The molecule has 0 aliphatic heterocycles. The summed E-state index contributed by atoms with van der Waals surface area (Å²) in [6.45, 7) is 5.25. The molecule has 0 N–H and O–H groups in total. The zero-order valence-electron chi connectivity index (χ0n) is 23.0. The number of rotatable bonds is 12. The fourth-order valence-corrected chi connectivity index (χ4v) is 6.20. The van der Waals surface area contributed by atoms with Crippen molar-refractivity contribution < 1.29 is 14.3 Å². The van der Waals surface area contributed by atoms with Crippen molar-refractivity contribution in [3.8, 4) is 22.9 Å². The molecule has 5 heteroatoms. The normalized spacial score (nSPS) is 23.9. The van der Waals surface area contributed by atoms with Crippen LogP contribution in [0, 0.1) is 23.7 Å². The molecule has 1 aromatic heterocycles. The van der Waals surface area contributed by atoms with Gasteiger partial charge in [-0.15, -0.1) is 0 Å². The summed E-state index contributed by atoms with van der Waals surface area (Å²) < 4.78 is 11.5. The van der Waals surface area contributed by atoms with Gasteiger partial charge in [-0.3, -0.25) is 4.79 Å². The van der Waals surface area contributed by atoms with Gasteiger partial charge in [-0.2, -0.15) is 0 Å². The van der Waals surface area contributed by atoms with Gasteiger partial charge in [0.05, 0.1) is 24.9 Å². The summed E-state index contributed by atoms with van der Waals surface area (Å²) in [5, 5.41) is 0. The summed E-state index contributed by atoms with van der Waals surface area (Å²) >= 11 is 0. The van der Waals surface area contributed by atoms with Gasteiger partial charge in [-0.05, 0) is 87.0 Å². The van der Waals surface area contributed by atoms with Gasteiger partial charge in [0.15, 0.2) is 11.6 Å². The predicted octanol–water partition coefficient (Wildman–Crippen LogP) is 8.42. The Morgan fingerprint density at radius 2 is 1.41 bits per heavy atom. The van der Waals surface area contributed by atoms with Crippen molar-refractivity contribution in [3.05, 3.63) is 36.7 Å². The van der Waals surface area contributed by atoms with E-state index in [9.17, 15) is 4.79 Å². The van der Waals surface area contributed by atoms with Crippen molar-refractivity contribution in [1.82, 2.24) is 9.97 Å². The lowest BCUT2D eigenvalue weighted by Crippen LogP contribution is -2.30. The topological polar surface area (TPSA) is 61.3 Å². The molecule has 2 fully saturated rings. The Balaban J connectivity index is 1.19. The van der Waals surface area contributed by atoms with E-state index in [2.05, 4.69) is 23.8 Å². The average Bonchev–Trinajstić information content (AvgIpc) is 2.96. The predicted molar refractivity (Wildman–Crippen MR) is 149 cm³/mol. The molecule has 0 radical (unpaired) electrons. The summed E-state index contributed by atoms with van der Waals surface area (Å²) in [7, 11) is 0. The van der Waals surface area contributed by atoms with Crippen LogP contribution in [0.1, 0.15) is 104 Å². The molecule has 4 rings (SSSR count). The Morgan fingerprint density at radius 3 is 2.03 bits per heavy atom. The first-order valence-electron chi connectivity index (χ1n) is 14.9. The minimum Gasteiger partial charge on any atom is -0.490 e. The van der Waals surface area contributed by atoms with Gasteiger partial charge in [0.1, 0.15) is 5.75 Å². The van der Waals surface area contributed by atoms with E-state index in [-0.39, 0.29) is 11.9 Å². The minimum absolute atomic E-state index is 0.0328. The molecule has 1 heterocycles. The maximum Gasteiger partial charge on any atom is 0.314 e. The highest BCUT2D eigenvalue weighted by atomic mass is 16.5. The van der Waals surface area contributed by atoms with Crippen LogP contribution in [0.2, 0.25) is 0 Å². The summed E-state index contributed by atoms with van der Waals surface area (Å²) in [5.74, 6) is 4.53. The van der Waals surface area contributed by atoms with Gasteiger partial charge in [-0.1, -0.05) is 58.8 Å². The number of carbonyl (C=O) groups is 1. The number of hydrogen-bond acceptors (Lipinski definition) is 5. The number of ether oxygens (including phenoxy) is 2. The van der Waals surface area contributed by atoms with E-state index in [1.165, 1.54) is 70.6 Å². The highest BCUT2D eigenvalue weighted by Gasteiger charge is 2.33. The molecule has 0 unspecified atom stereocenters. The van der Waals surface area contributed by atoms with Crippen molar-refractivity contribution in [1.29, 1.82) is 0 Å². The molecule has 0 saturated heterocycles. The van der Waals surface area contributed by atoms with E-state index >= 15 is 0 Å². The summed E-state index contributed by atoms with van der Waals surface area (Å²) in [6.07, 6.45) is 20.7. The van der Waals surface area contributed by atoms with Crippen LogP contribution in [0.15, 0.2) is 36.7 Å². The zero-order valence-corrected chi connectivity index (χ0v) is 23.0. The van der Waals surface area contributed by atoms with Crippen molar-refractivity contribution in [3.63, 3.8) is 0 Å². The van der Waals surface area contributed by atoms with Gasteiger partial charge < -0.3 is 9.47 Å². The number of nitrogens with zero attached hydrogens (tertiary/aromatic N) is 2. The zero-order chi connectivity index (χ0) is 25.9. The van der Waals surface area contributed by atoms with E-state index in [1.54, 1.807) is 12.4 Å². The standard InChI is InChI=1S/C32H46N2O3/c1-3-5-6-7-8-21-36-30-22-33-31(34-23-30)27-17-19-29(20-18-27)37-32(35)28-15-13-26(14-16-28)25-11-9-24(4-2)10-12-25/h17-20,22-26,28H,3-16,21H2,1-2H3. The first-order chi connectivity index (χ1) is 18.2. The summed E-state index contributed by atoms with van der Waals surface area (Å²) in [5.41, 5.74) is 0.893. The van der Waals surface area contributed by atoms with Gasteiger partial charge >= 0.3 is 5.97 Å². The Labute approximate surface area is 223 Å². The lowest BCUT2D eigenvalue weighted by atomic mass is 9.69. The Bertz CT molecular complexity index is 928. The second-order valence-electron chi connectivity index (χ2n) is 11.3. The molecule has 0 atom stereocenters. The molecular weight excluding hydrogens is 460 g/mol. The van der Waals surface area contributed by atoms with Crippen LogP contribution in [0.25, 0.3) is 11.4 Å². The van der Waals surface area contributed by atoms with Gasteiger partial charge in [0.25, 0.3) is 0 Å². The van der Waals surface area contributed by atoms with E-state index in [1.807, 2.05) is 24.3 Å². The molecule has 2 aromatic rings. The molecule has 1 aromatic carbocycles. The van der Waals surface area contributed by atoms with Crippen LogP contribution >= 0.6 is 0 Å². The van der Waals surface area contributed by atoms with Gasteiger partial charge in [-0.25, -0.2) is 9.97 Å². The van der Waals surface area contributed by atoms with Crippen LogP contribution < -0.4 is 9.47 Å². The molecule has 2 saturated carbocycles. The monoisotopic (exact) mass is 506 g/mol. The van der Waals surface area contributed by atoms with Crippen molar-refractivity contribution in [2.45, 2.75) is 104 Å². The van der Waals surface area contributed by atoms with Crippen LogP contribution in [0.4, 0.5) is 0 Å². The number of esters is 1. The van der Waals surface area contributed by atoms with Crippen molar-refractivity contribution >= 4 is 5.97 Å². The van der Waals surface area contributed by atoms with E-state index in [0.717, 1.165) is 42.6 Å². The van der Waals surface area contributed by atoms with E-state index in [4.69, 9.17) is 9.47 Å². The Morgan fingerprint density at radius 1 is 0.784 bits per heavy atom. The number of unbranched alkanes of at least 4 members (excludes halogenated alkanes) is 4. The molecule has 5 nitrogen and oxygen atoms in total.